The van der Waals surface area contributed by atoms with Crippen LogP contribution in [0.25, 0.3) is 11.3 Å². The molecule has 13 nitrogen and oxygen atoms in total. The third-order valence-corrected chi connectivity index (χ3v) is 13.1. The average molecular weight is 875 g/mol. The molecule has 2 aliphatic carbocycles. The summed E-state index contributed by atoms with van der Waals surface area (Å²) in [6.07, 6.45) is 1.08. The van der Waals surface area contributed by atoms with Gasteiger partial charge < -0.3 is 35.6 Å². The van der Waals surface area contributed by atoms with Crippen LogP contribution in [0.4, 0.5) is 19.6 Å². The topological polar surface area (TPSA) is 168 Å². The van der Waals surface area contributed by atoms with E-state index < -0.39 is 11.7 Å². The first-order valence-electron chi connectivity index (χ1n) is 20.3. The Hall–Kier alpha value is -5.61. The number of alkyl halides is 3. The quantitative estimate of drug-likeness (QED) is 0.0706. The minimum atomic E-state index is -3.75. The minimum Gasteiger partial charge on any atom is -0.395 e. The molecule has 0 unspecified atom stereocenters. The third kappa shape index (κ3) is 9.35. The Balaban J connectivity index is 0.735. The smallest absolute Gasteiger partial charge is 0.395 e. The molecule has 61 heavy (non-hydrogen) atoms. The number of carbonyl (C=O) groups is 5. The van der Waals surface area contributed by atoms with E-state index in [1.54, 1.807) is 35.2 Å². The van der Waals surface area contributed by atoms with Crippen LogP contribution in [0.1, 0.15) is 71.3 Å². The summed E-state index contributed by atoms with van der Waals surface area (Å²) < 4.78 is 36.3. The average Bonchev–Trinajstić information content (AvgIpc) is 3.80. The number of amides is 5. The second-order valence-corrected chi connectivity index (χ2v) is 17.8. The van der Waals surface area contributed by atoms with Crippen molar-refractivity contribution in [1.82, 2.24) is 20.5 Å². The number of halogens is 3. The number of likely N-dealkylation sites (tertiary alicyclic amines) is 1. The number of hydrogen-bond donors (Lipinski definition) is 4. The van der Waals surface area contributed by atoms with Crippen LogP contribution in [-0.2, 0) is 31.0 Å². The number of aromatic nitrogens is 1. The zero-order valence-electron chi connectivity index (χ0n) is 33.4. The van der Waals surface area contributed by atoms with Gasteiger partial charge in [-0.25, -0.2) is 4.98 Å². The Kier molecular flexibility index (Phi) is 11.8. The number of carbonyl (C=O) groups excluding carboxylic acids is 5. The summed E-state index contributed by atoms with van der Waals surface area (Å²) in [4.78, 5) is 71.0. The van der Waals surface area contributed by atoms with Crippen LogP contribution in [-0.4, -0.2) is 77.8 Å². The van der Waals surface area contributed by atoms with Crippen molar-refractivity contribution in [2.24, 2.45) is 11.3 Å². The van der Waals surface area contributed by atoms with E-state index in [0.717, 1.165) is 28.3 Å². The number of pyridine rings is 1. The molecule has 2 aliphatic heterocycles. The number of thiophene rings is 1. The molecule has 17 heteroatoms. The van der Waals surface area contributed by atoms with E-state index in [-0.39, 0.29) is 58.2 Å². The number of nitrogens with one attached hydrogen (secondary N) is 4. The van der Waals surface area contributed by atoms with Gasteiger partial charge in [-0.15, -0.1) is 31.7 Å². The van der Waals surface area contributed by atoms with Gasteiger partial charge in [-0.1, -0.05) is 24.3 Å². The summed E-state index contributed by atoms with van der Waals surface area (Å²) in [6.45, 7) is 4.13. The van der Waals surface area contributed by atoms with Crippen LogP contribution < -0.4 is 30.7 Å². The molecule has 2 aromatic carbocycles. The Bertz CT molecular complexity index is 2370. The monoisotopic (exact) mass is 874 g/mol. The zero-order chi connectivity index (χ0) is 42.9. The second-order valence-electron chi connectivity index (χ2n) is 16.4. The molecule has 4 aromatic rings. The first-order valence-corrected chi connectivity index (χ1v) is 21.7. The summed E-state index contributed by atoms with van der Waals surface area (Å²) in [5, 5.41) is 12.5. The minimum absolute atomic E-state index is 0.00706. The molecule has 4 aliphatic rings. The number of anilines is 2. The lowest BCUT2D eigenvalue weighted by Gasteiger charge is -2.58. The summed E-state index contributed by atoms with van der Waals surface area (Å²) in [6, 6.07) is 18.8. The van der Waals surface area contributed by atoms with Crippen LogP contribution in [0.15, 0.2) is 66.7 Å². The van der Waals surface area contributed by atoms with E-state index in [0.29, 0.717) is 92.9 Å². The second kappa shape index (κ2) is 17.0. The predicted molar refractivity (Wildman–Crippen MR) is 225 cm³/mol. The molecule has 320 valence electrons. The number of nitrogens with zero attached hydrogens (tertiary/aromatic N) is 2. The fourth-order valence-corrected chi connectivity index (χ4v) is 9.40. The van der Waals surface area contributed by atoms with Crippen LogP contribution in [0, 0.1) is 18.3 Å². The molecule has 4 N–H and O–H groups in total. The standard InChI is InChI=1S/C44H45ClF2N6O7S/c1-26-7-12-34(51-41(58)43(15-16-43)30-8-11-32-33(20-30)60-44(46,47)59-32)50-38(26)27-5-4-6-28(19-27)39(56)49-18-3-2-17-48-35(54)13-9-31-10-14-36(61-31)52-40(57)29-21-42(22-29)24-53(25-42)37(55)23-45/h4-8,10-12,14,19-20,29H,2-3,9,13,15-18,21-25H2,1H3,(H,48,54)(H,49,56)(H,52,57)(H,50,51,58). The number of aryl methyl sites for hydroxylation is 2. The van der Waals surface area contributed by atoms with Gasteiger partial charge in [0, 0.05) is 59.9 Å². The van der Waals surface area contributed by atoms with Crippen LogP contribution >= 0.6 is 22.9 Å². The summed E-state index contributed by atoms with van der Waals surface area (Å²) in [5.74, 6) is -0.654. The molecule has 0 atom stereocenters. The molecule has 1 spiro atoms. The van der Waals surface area contributed by atoms with Gasteiger partial charge in [0.1, 0.15) is 11.7 Å². The Morgan fingerprint density at radius 1 is 0.902 bits per heavy atom. The highest BCUT2D eigenvalue weighted by atomic mass is 35.5. The van der Waals surface area contributed by atoms with Crippen molar-refractivity contribution in [3.05, 3.63) is 88.3 Å². The van der Waals surface area contributed by atoms with Gasteiger partial charge in [0.05, 0.1) is 16.1 Å². The van der Waals surface area contributed by atoms with Crippen molar-refractivity contribution in [1.29, 1.82) is 0 Å². The highest BCUT2D eigenvalue weighted by Crippen LogP contribution is 2.53. The molecule has 0 bridgehead atoms. The Morgan fingerprint density at radius 3 is 2.41 bits per heavy atom. The molecule has 1 saturated heterocycles. The summed E-state index contributed by atoms with van der Waals surface area (Å²) in [7, 11) is 0. The van der Waals surface area contributed by atoms with E-state index in [1.807, 2.05) is 31.2 Å². The third-order valence-electron chi connectivity index (χ3n) is 11.8. The highest BCUT2D eigenvalue weighted by Gasteiger charge is 2.55. The van der Waals surface area contributed by atoms with Gasteiger partial charge in [0.25, 0.3) is 5.91 Å². The van der Waals surface area contributed by atoms with Crippen molar-refractivity contribution < 1.29 is 42.2 Å². The first kappa shape index (κ1) is 42.1. The van der Waals surface area contributed by atoms with Crippen molar-refractivity contribution in [2.75, 3.05) is 42.7 Å². The molecule has 5 amide bonds. The first-order chi connectivity index (χ1) is 29.2. The lowest BCUT2D eigenvalue weighted by atomic mass is 9.57. The van der Waals surface area contributed by atoms with Crippen molar-refractivity contribution >= 4 is 63.3 Å². The van der Waals surface area contributed by atoms with Gasteiger partial charge in [0.15, 0.2) is 11.5 Å². The summed E-state index contributed by atoms with van der Waals surface area (Å²) in [5.41, 5.74) is 2.28. The maximum atomic E-state index is 13.6. The zero-order valence-corrected chi connectivity index (χ0v) is 35.0. The number of hydrogen-bond acceptors (Lipinski definition) is 9. The molecule has 4 heterocycles. The highest BCUT2D eigenvalue weighted by molar-refractivity contribution is 7.16. The Morgan fingerprint density at radius 2 is 1.66 bits per heavy atom. The van der Waals surface area contributed by atoms with E-state index in [4.69, 9.17) is 16.6 Å². The molecular weight excluding hydrogens is 830 g/mol. The number of unbranched alkanes of at least 4 members (excludes halogenated alkanes) is 1. The molecule has 2 saturated carbocycles. The lowest BCUT2D eigenvalue weighted by Crippen LogP contribution is -2.65. The molecule has 2 aromatic heterocycles. The van der Waals surface area contributed by atoms with E-state index in [9.17, 15) is 32.8 Å². The largest absolute Gasteiger partial charge is 0.586 e. The maximum absolute atomic E-state index is 13.6. The fraction of sp³-hybridized carbons (Fsp3) is 0.409. The van der Waals surface area contributed by atoms with E-state index >= 15 is 0 Å². The number of rotatable bonds is 16. The molecule has 3 fully saturated rings. The van der Waals surface area contributed by atoms with Gasteiger partial charge in [-0.2, -0.15) is 0 Å². The van der Waals surface area contributed by atoms with Crippen LogP contribution in [0.5, 0.6) is 11.5 Å². The lowest BCUT2D eigenvalue weighted by molar-refractivity contribution is -0.286. The fourth-order valence-electron chi connectivity index (χ4n) is 8.32. The van der Waals surface area contributed by atoms with Crippen molar-refractivity contribution in [2.45, 2.75) is 70.0 Å². The summed E-state index contributed by atoms with van der Waals surface area (Å²) >= 11 is 7.10. The SMILES string of the molecule is Cc1ccc(NC(=O)C2(c3ccc4c(c3)OC(F)(F)O4)CC2)nc1-c1cccc(C(=O)NCCCCNC(=O)CCc2ccc(NC(=O)C3CC4(C3)CN(C(=O)CCl)C4)s2)c1. The number of benzene rings is 2. The van der Waals surface area contributed by atoms with Crippen LogP contribution in [0.3, 0.4) is 0 Å². The number of fused-ring (bicyclic) bond motifs is 1. The van der Waals surface area contributed by atoms with Gasteiger partial charge >= 0.3 is 6.29 Å². The van der Waals surface area contributed by atoms with Crippen molar-refractivity contribution in [3.63, 3.8) is 0 Å². The predicted octanol–water partition coefficient (Wildman–Crippen LogP) is 6.79. The number of ether oxygens (including phenoxy) is 2. The van der Waals surface area contributed by atoms with Crippen molar-refractivity contribution in [3.8, 4) is 22.8 Å². The van der Waals surface area contributed by atoms with Gasteiger partial charge in [0.2, 0.25) is 23.6 Å². The normalized spacial score (nSPS) is 17.5. The maximum Gasteiger partial charge on any atom is 0.586 e. The van der Waals surface area contributed by atoms with Gasteiger partial charge in [-0.3, -0.25) is 24.0 Å². The van der Waals surface area contributed by atoms with E-state index in [1.165, 1.54) is 23.5 Å². The van der Waals surface area contributed by atoms with Gasteiger partial charge in [-0.05, 0) is 105 Å². The Labute approximate surface area is 359 Å². The molecule has 8 rings (SSSR count). The molecule has 0 radical (unpaired) electrons. The molecular formula is C44H45ClF2N6O7S. The van der Waals surface area contributed by atoms with E-state index in [2.05, 4.69) is 30.7 Å². The van der Waals surface area contributed by atoms with Crippen LogP contribution in [0.2, 0.25) is 0 Å².